The summed E-state index contributed by atoms with van der Waals surface area (Å²) in [5.74, 6) is 0. The van der Waals surface area contributed by atoms with Gasteiger partial charge in [0.2, 0.25) is 0 Å². The SMILES string of the molecule is CN1C2CCC1CC(Nc1ccccc1-c1cccs1)C2. The highest BCUT2D eigenvalue weighted by Crippen LogP contribution is 2.37. The zero-order chi connectivity index (χ0) is 14.2. The van der Waals surface area contributed by atoms with Crippen LogP contribution in [0.15, 0.2) is 41.8 Å². The van der Waals surface area contributed by atoms with Gasteiger partial charge >= 0.3 is 0 Å². The highest BCUT2D eigenvalue weighted by atomic mass is 32.1. The van der Waals surface area contributed by atoms with Gasteiger partial charge in [0.25, 0.3) is 0 Å². The van der Waals surface area contributed by atoms with Crippen molar-refractivity contribution >= 4 is 17.0 Å². The molecule has 2 nitrogen and oxygen atoms in total. The van der Waals surface area contributed by atoms with Gasteiger partial charge in [0.15, 0.2) is 0 Å². The summed E-state index contributed by atoms with van der Waals surface area (Å²) < 4.78 is 0. The fourth-order valence-corrected chi connectivity index (χ4v) is 4.77. The lowest BCUT2D eigenvalue weighted by molar-refractivity contribution is 0.169. The van der Waals surface area contributed by atoms with E-state index >= 15 is 0 Å². The second-order valence-corrected chi connectivity index (χ2v) is 7.33. The Morgan fingerprint density at radius 3 is 2.52 bits per heavy atom. The van der Waals surface area contributed by atoms with Gasteiger partial charge in [-0.3, -0.25) is 0 Å². The minimum Gasteiger partial charge on any atom is -0.382 e. The van der Waals surface area contributed by atoms with E-state index in [9.17, 15) is 0 Å². The highest BCUT2D eigenvalue weighted by Gasteiger charge is 2.38. The van der Waals surface area contributed by atoms with Crippen LogP contribution in [0.1, 0.15) is 25.7 Å². The molecule has 0 spiro atoms. The number of nitrogens with one attached hydrogen (secondary N) is 1. The largest absolute Gasteiger partial charge is 0.382 e. The van der Waals surface area contributed by atoms with E-state index in [0.717, 1.165) is 12.1 Å². The lowest BCUT2D eigenvalue weighted by Gasteiger charge is -2.37. The lowest BCUT2D eigenvalue weighted by Crippen LogP contribution is -2.44. The number of rotatable bonds is 3. The smallest absolute Gasteiger partial charge is 0.0430 e. The molecule has 2 aliphatic heterocycles. The van der Waals surface area contributed by atoms with Crippen LogP contribution < -0.4 is 5.32 Å². The number of fused-ring (bicyclic) bond motifs is 2. The Morgan fingerprint density at radius 1 is 1.05 bits per heavy atom. The van der Waals surface area contributed by atoms with Crippen molar-refractivity contribution in [2.45, 2.75) is 43.8 Å². The summed E-state index contributed by atoms with van der Waals surface area (Å²) in [6.45, 7) is 0. The number of thiophene rings is 1. The molecule has 2 unspecified atom stereocenters. The number of nitrogens with zero attached hydrogens (tertiary/aromatic N) is 1. The topological polar surface area (TPSA) is 15.3 Å². The van der Waals surface area contributed by atoms with Crippen molar-refractivity contribution in [3.63, 3.8) is 0 Å². The third kappa shape index (κ3) is 2.49. The van der Waals surface area contributed by atoms with Gasteiger partial charge in [-0.25, -0.2) is 0 Å². The molecule has 3 heteroatoms. The summed E-state index contributed by atoms with van der Waals surface area (Å²) in [6.07, 6.45) is 5.33. The Bertz CT molecular complexity index is 593. The monoisotopic (exact) mass is 298 g/mol. The molecular formula is C18H22N2S. The molecule has 1 N–H and O–H groups in total. The molecule has 110 valence electrons. The molecule has 0 aliphatic carbocycles. The summed E-state index contributed by atoms with van der Waals surface area (Å²) in [5.41, 5.74) is 2.65. The first-order valence-corrected chi connectivity index (χ1v) is 8.80. The molecule has 21 heavy (non-hydrogen) atoms. The van der Waals surface area contributed by atoms with Crippen molar-refractivity contribution in [1.82, 2.24) is 4.90 Å². The van der Waals surface area contributed by atoms with Crippen LogP contribution in [-0.4, -0.2) is 30.1 Å². The summed E-state index contributed by atoms with van der Waals surface area (Å²) in [6, 6.07) is 15.3. The van der Waals surface area contributed by atoms with Crippen LogP contribution in [0.2, 0.25) is 0 Å². The average molecular weight is 298 g/mol. The molecule has 2 bridgehead atoms. The molecule has 0 amide bonds. The van der Waals surface area contributed by atoms with Gasteiger partial charge in [-0.1, -0.05) is 24.3 Å². The third-order valence-corrected chi connectivity index (χ3v) is 6.07. The number of anilines is 1. The Balaban J connectivity index is 1.56. The Labute approximate surface area is 130 Å². The summed E-state index contributed by atoms with van der Waals surface area (Å²) >= 11 is 1.82. The first-order valence-electron chi connectivity index (χ1n) is 7.92. The molecule has 2 atom stereocenters. The van der Waals surface area contributed by atoms with Crippen molar-refractivity contribution in [3.8, 4) is 10.4 Å². The molecule has 1 aromatic carbocycles. The molecule has 3 heterocycles. The molecule has 2 saturated heterocycles. The normalized spacial score (nSPS) is 28.7. The Kier molecular flexibility index (Phi) is 3.48. The number of hydrogen-bond acceptors (Lipinski definition) is 3. The van der Waals surface area contributed by atoms with Crippen molar-refractivity contribution < 1.29 is 0 Å². The van der Waals surface area contributed by atoms with E-state index in [1.165, 1.54) is 41.8 Å². The van der Waals surface area contributed by atoms with E-state index in [2.05, 4.69) is 59.0 Å². The Hall–Kier alpha value is -1.32. The molecule has 1 aromatic heterocycles. The highest BCUT2D eigenvalue weighted by molar-refractivity contribution is 7.13. The molecule has 2 aliphatic rings. The van der Waals surface area contributed by atoms with E-state index in [1.54, 1.807) is 0 Å². The predicted molar refractivity (Wildman–Crippen MR) is 91.0 cm³/mol. The first-order chi connectivity index (χ1) is 10.3. The van der Waals surface area contributed by atoms with Crippen molar-refractivity contribution in [1.29, 1.82) is 0 Å². The van der Waals surface area contributed by atoms with Crippen LogP contribution >= 0.6 is 11.3 Å². The van der Waals surface area contributed by atoms with E-state index in [-0.39, 0.29) is 0 Å². The van der Waals surface area contributed by atoms with E-state index in [4.69, 9.17) is 0 Å². The van der Waals surface area contributed by atoms with Gasteiger partial charge < -0.3 is 10.2 Å². The standard InChI is InChI=1S/C18H22N2S/c1-20-14-8-9-15(20)12-13(11-14)19-17-6-3-2-5-16(17)18-7-4-10-21-18/h2-7,10,13-15,19H,8-9,11-12H2,1H3. The van der Waals surface area contributed by atoms with Crippen LogP contribution in [0.5, 0.6) is 0 Å². The van der Waals surface area contributed by atoms with Gasteiger partial charge in [-0.05, 0) is 50.2 Å². The quantitative estimate of drug-likeness (QED) is 0.900. The van der Waals surface area contributed by atoms with Gasteiger partial charge in [0.1, 0.15) is 0 Å². The zero-order valence-corrected chi connectivity index (χ0v) is 13.3. The number of benzene rings is 1. The average Bonchev–Trinajstić information content (AvgIpc) is 3.08. The summed E-state index contributed by atoms with van der Waals surface area (Å²) in [4.78, 5) is 3.96. The van der Waals surface area contributed by atoms with Crippen LogP contribution in [0.4, 0.5) is 5.69 Å². The zero-order valence-electron chi connectivity index (χ0n) is 12.5. The van der Waals surface area contributed by atoms with Gasteiger partial charge in [-0.15, -0.1) is 11.3 Å². The molecule has 2 aromatic rings. The van der Waals surface area contributed by atoms with Crippen LogP contribution in [0.25, 0.3) is 10.4 Å². The molecule has 2 fully saturated rings. The van der Waals surface area contributed by atoms with Gasteiger partial charge in [-0.2, -0.15) is 0 Å². The first kappa shape index (κ1) is 13.4. The van der Waals surface area contributed by atoms with Gasteiger partial charge in [0, 0.05) is 34.3 Å². The number of piperidine rings is 1. The third-order valence-electron chi connectivity index (χ3n) is 5.17. The minimum atomic E-state index is 0.625. The fraction of sp³-hybridized carbons (Fsp3) is 0.444. The van der Waals surface area contributed by atoms with Crippen molar-refractivity contribution in [3.05, 3.63) is 41.8 Å². The molecule has 4 rings (SSSR count). The second-order valence-electron chi connectivity index (χ2n) is 6.39. The molecule has 0 saturated carbocycles. The van der Waals surface area contributed by atoms with Crippen LogP contribution in [-0.2, 0) is 0 Å². The Morgan fingerprint density at radius 2 is 1.81 bits per heavy atom. The second kappa shape index (κ2) is 5.47. The van der Waals surface area contributed by atoms with E-state index < -0.39 is 0 Å². The predicted octanol–water partition coefficient (Wildman–Crippen LogP) is 4.45. The van der Waals surface area contributed by atoms with Crippen LogP contribution in [0, 0.1) is 0 Å². The minimum absolute atomic E-state index is 0.625. The molecular weight excluding hydrogens is 276 g/mol. The van der Waals surface area contributed by atoms with E-state index in [1.807, 2.05) is 11.3 Å². The maximum absolute atomic E-state index is 3.84. The number of hydrogen-bond donors (Lipinski definition) is 1. The van der Waals surface area contributed by atoms with E-state index in [0.29, 0.717) is 6.04 Å². The number of para-hydroxylation sites is 1. The maximum Gasteiger partial charge on any atom is 0.0430 e. The summed E-state index contributed by atoms with van der Waals surface area (Å²) in [7, 11) is 2.30. The fourth-order valence-electron chi connectivity index (χ4n) is 4.00. The van der Waals surface area contributed by atoms with Gasteiger partial charge in [0.05, 0.1) is 0 Å². The van der Waals surface area contributed by atoms with Crippen molar-refractivity contribution in [2.24, 2.45) is 0 Å². The van der Waals surface area contributed by atoms with Crippen LogP contribution in [0.3, 0.4) is 0 Å². The molecule has 0 radical (unpaired) electrons. The maximum atomic E-state index is 3.84. The lowest BCUT2D eigenvalue weighted by atomic mass is 9.97. The summed E-state index contributed by atoms with van der Waals surface area (Å²) in [5, 5.41) is 5.99. The van der Waals surface area contributed by atoms with Crippen molar-refractivity contribution in [2.75, 3.05) is 12.4 Å².